The van der Waals surface area contributed by atoms with Crippen LogP contribution in [0.2, 0.25) is 0 Å². The van der Waals surface area contributed by atoms with Crippen LogP contribution in [-0.2, 0) is 9.53 Å². The number of allylic oxidation sites excluding steroid dienone is 1. The number of ether oxygens (including phenoxy) is 5. The molecule has 1 fully saturated rings. The topological polar surface area (TPSA) is 83.5 Å². The SMILES string of the molecule is COc1cc(C=CC(=O)c2ccc3c(c2)OCCO3)ccc1OCC(=O)N1CCOCC1. The Morgan fingerprint density at radius 2 is 1.75 bits per heavy atom. The van der Waals surface area contributed by atoms with E-state index in [2.05, 4.69) is 0 Å². The summed E-state index contributed by atoms with van der Waals surface area (Å²) in [5.41, 5.74) is 1.28. The fourth-order valence-corrected chi connectivity index (χ4v) is 3.42. The fourth-order valence-electron chi connectivity index (χ4n) is 3.42. The molecule has 0 aliphatic carbocycles. The summed E-state index contributed by atoms with van der Waals surface area (Å²) in [7, 11) is 1.53. The maximum atomic E-state index is 12.6. The number of hydrogen-bond donors (Lipinski definition) is 0. The van der Waals surface area contributed by atoms with Crippen molar-refractivity contribution in [2.24, 2.45) is 0 Å². The van der Waals surface area contributed by atoms with E-state index in [4.69, 9.17) is 23.7 Å². The molecule has 2 aromatic rings. The van der Waals surface area contributed by atoms with Gasteiger partial charge >= 0.3 is 0 Å². The van der Waals surface area contributed by atoms with Crippen LogP contribution in [0.5, 0.6) is 23.0 Å². The van der Waals surface area contributed by atoms with Crippen LogP contribution in [0.1, 0.15) is 15.9 Å². The molecule has 8 nitrogen and oxygen atoms in total. The number of carbonyl (C=O) groups excluding carboxylic acids is 2. The van der Waals surface area contributed by atoms with Gasteiger partial charge in [-0.15, -0.1) is 0 Å². The van der Waals surface area contributed by atoms with Gasteiger partial charge in [0.15, 0.2) is 35.4 Å². The number of morpholine rings is 1. The first-order valence-electron chi connectivity index (χ1n) is 10.4. The normalized spacial score (nSPS) is 15.5. The number of ketones is 1. The number of hydrogen-bond acceptors (Lipinski definition) is 7. The highest BCUT2D eigenvalue weighted by molar-refractivity contribution is 6.07. The van der Waals surface area contributed by atoms with Gasteiger partial charge in [0.25, 0.3) is 5.91 Å². The summed E-state index contributed by atoms with van der Waals surface area (Å²) < 4.78 is 27.3. The average Bonchev–Trinajstić information content (AvgIpc) is 2.86. The standard InChI is InChI=1S/C24H25NO7/c1-28-22-14-17(3-6-20(22)32-16-24(27)25-8-10-29-11-9-25)2-5-19(26)18-4-7-21-23(15-18)31-13-12-30-21/h2-7,14-15H,8-13,16H2,1H3. The third-order valence-electron chi connectivity index (χ3n) is 5.16. The highest BCUT2D eigenvalue weighted by Crippen LogP contribution is 2.31. The molecule has 0 radical (unpaired) electrons. The molecule has 0 N–H and O–H groups in total. The van der Waals surface area contributed by atoms with Gasteiger partial charge in [0.1, 0.15) is 13.2 Å². The number of amides is 1. The number of benzene rings is 2. The van der Waals surface area contributed by atoms with Crippen molar-refractivity contribution in [3.8, 4) is 23.0 Å². The number of carbonyl (C=O) groups is 2. The van der Waals surface area contributed by atoms with E-state index in [0.717, 1.165) is 5.56 Å². The lowest BCUT2D eigenvalue weighted by Gasteiger charge is -2.26. The Labute approximate surface area is 186 Å². The number of rotatable bonds is 7. The minimum absolute atomic E-state index is 0.0753. The summed E-state index contributed by atoms with van der Waals surface area (Å²) in [5.74, 6) is 1.91. The van der Waals surface area contributed by atoms with E-state index in [1.54, 1.807) is 47.4 Å². The monoisotopic (exact) mass is 439 g/mol. The molecule has 0 spiro atoms. The predicted octanol–water partition coefficient (Wildman–Crippen LogP) is 2.60. The van der Waals surface area contributed by atoms with Gasteiger partial charge < -0.3 is 28.6 Å². The molecule has 2 heterocycles. The smallest absolute Gasteiger partial charge is 0.260 e. The van der Waals surface area contributed by atoms with E-state index in [1.165, 1.54) is 13.2 Å². The Kier molecular flexibility index (Phi) is 6.91. The summed E-state index contributed by atoms with van der Waals surface area (Å²) in [6, 6.07) is 10.4. The summed E-state index contributed by atoms with van der Waals surface area (Å²) in [6.07, 6.45) is 3.19. The van der Waals surface area contributed by atoms with Crippen LogP contribution in [0.15, 0.2) is 42.5 Å². The van der Waals surface area contributed by atoms with Gasteiger partial charge in [-0.25, -0.2) is 0 Å². The van der Waals surface area contributed by atoms with Crippen molar-refractivity contribution in [2.45, 2.75) is 0 Å². The van der Waals surface area contributed by atoms with Crippen molar-refractivity contribution in [2.75, 3.05) is 53.2 Å². The van der Waals surface area contributed by atoms with Crippen molar-refractivity contribution in [1.82, 2.24) is 4.90 Å². The third kappa shape index (κ3) is 5.20. The first-order chi connectivity index (χ1) is 15.6. The Morgan fingerprint density at radius 3 is 2.53 bits per heavy atom. The van der Waals surface area contributed by atoms with E-state index in [-0.39, 0.29) is 18.3 Å². The van der Waals surface area contributed by atoms with Crippen molar-refractivity contribution in [3.05, 3.63) is 53.6 Å². The Bertz CT molecular complexity index is 1010. The van der Waals surface area contributed by atoms with Crippen molar-refractivity contribution in [1.29, 1.82) is 0 Å². The molecular weight excluding hydrogens is 414 g/mol. The minimum Gasteiger partial charge on any atom is -0.493 e. The summed E-state index contributed by atoms with van der Waals surface area (Å²) in [6.45, 7) is 3.12. The van der Waals surface area contributed by atoms with Crippen LogP contribution in [-0.4, -0.2) is 69.8 Å². The lowest BCUT2D eigenvalue weighted by atomic mass is 10.1. The van der Waals surface area contributed by atoms with Crippen molar-refractivity contribution >= 4 is 17.8 Å². The molecule has 32 heavy (non-hydrogen) atoms. The second-order valence-electron chi connectivity index (χ2n) is 7.25. The van der Waals surface area contributed by atoms with E-state index in [1.807, 2.05) is 0 Å². The zero-order chi connectivity index (χ0) is 22.3. The summed E-state index contributed by atoms with van der Waals surface area (Å²) >= 11 is 0. The number of nitrogens with zero attached hydrogens (tertiary/aromatic N) is 1. The van der Waals surface area contributed by atoms with E-state index >= 15 is 0 Å². The lowest BCUT2D eigenvalue weighted by Crippen LogP contribution is -2.43. The van der Waals surface area contributed by atoms with Gasteiger partial charge in [-0.05, 0) is 42.0 Å². The Morgan fingerprint density at radius 1 is 0.969 bits per heavy atom. The zero-order valence-electron chi connectivity index (χ0n) is 17.9. The third-order valence-corrected chi connectivity index (χ3v) is 5.16. The Balaban J connectivity index is 1.39. The second kappa shape index (κ2) is 10.2. The quantitative estimate of drug-likeness (QED) is 0.484. The second-order valence-corrected chi connectivity index (χ2v) is 7.25. The van der Waals surface area contributed by atoms with Crippen LogP contribution < -0.4 is 18.9 Å². The van der Waals surface area contributed by atoms with Gasteiger partial charge in [0, 0.05) is 18.7 Å². The molecule has 0 aromatic heterocycles. The molecule has 1 amide bonds. The molecule has 1 saturated heterocycles. The summed E-state index contributed by atoms with van der Waals surface area (Å²) in [4.78, 5) is 26.6. The Hall–Kier alpha value is -3.52. The summed E-state index contributed by atoms with van der Waals surface area (Å²) in [5, 5.41) is 0. The van der Waals surface area contributed by atoms with E-state index in [9.17, 15) is 9.59 Å². The molecule has 2 aliphatic heterocycles. The first-order valence-corrected chi connectivity index (χ1v) is 10.4. The molecule has 2 aliphatic rings. The van der Waals surface area contributed by atoms with Crippen LogP contribution in [0, 0.1) is 0 Å². The first kappa shape index (κ1) is 21.7. The van der Waals surface area contributed by atoms with Crippen molar-refractivity contribution in [3.63, 3.8) is 0 Å². The molecule has 8 heteroatoms. The average molecular weight is 439 g/mol. The van der Waals surface area contributed by atoms with Gasteiger partial charge in [-0.2, -0.15) is 0 Å². The molecule has 0 bridgehead atoms. The highest BCUT2D eigenvalue weighted by atomic mass is 16.6. The molecule has 4 rings (SSSR count). The maximum Gasteiger partial charge on any atom is 0.260 e. The largest absolute Gasteiger partial charge is 0.493 e. The van der Waals surface area contributed by atoms with Crippen LogP contribution in [0.25, 0.3) is 6.08 Å². The molecule has 0 unspecified atom stereocenters. The molecule has 0 saturated carbocycles. The van der Waals surface area contributed by atoms with Gasteiger partial charge in [-0.1, -0.05) is 12.1 Å². The van der Waals surface area contributed by atoms with Crippen LogP contribution in [0.3, 0.4) is 0 Å². The van der Waals surface area contributed by atoms with Crippen LogP contribution >= 0.6 is 0 Å². The molecular formula is C24H25NO7. The fraction of sp³-hybridized carbons (Fsp3) is 0.333. The molecule has 168 valence electrons. The molecule has 0 atom stereocenters. The van der Waals surface area contributed by atoms with E-state index in [0.29, 0.717) is 68.1 Å². The van der Waals surface area contributed by atoms with Gasteiger partial charge in [-0.3, -0.25) is 9.59 Å². The van der Waals surface area contributed by atoms with Crippen LogP contribution in [0.4, 0.5) is 0 Å². The minimum atomic E-state index is -0.155. The predicted molar refractivity (Wildman–Crippen MR) is 117 cm³/mol. The molecule has 2 aromatic carbocycles. The maximum absolute atomic E-state index is 12.6. The van der Waals surface area contributed by atoms with Gasteiger partial charge in [0.05, 0.1) is 20.3 Å². The van der Waals surface area contributed by atoms with Gasteiger partial charge in [0.2, 0.25) is 0 Å². The van der Waals surface area contributed by atoms with E-state index < -0.39 is 0 Å². The number of methoxy groups -OCH3 is 1. The zero-order valence-corrected chi connectivity index (χ0v) is 17.9. The van der Waals surface area contributed by atoms with Crippen molar-refractivity contribution < 1.29 is 33.3 Å². The highest BCUT2D eigenvalue weighted by Gasteiger charge is 2.18. The lowest BCUT2D eigenvalue weighted by molar-refractivity contribution is -0.137. The number of fused-ring (bicyclic) bond motifs is 1.